The fourth-order valence-electron chi connectivity index (χ4n) is 0.537. The van der Waals surface area contributed by atoms with E-state index in [2.05, 4.69) is 10.2 Å². The Kier molecular flexibility index (Phi) is 1.94. The molecule has 2 aliphatic rings. The molecule has 0 fully saturated rings. The summed E-state index contributed by atoms with van der Waals surface area (Å²) in [5.74, 6) is 0. The van der Waals surface area contributed by atoms with E-state index in [-0.39, 0.29) is 0 Å². The summed E-state index contributed by atoms with van der Waals surface area (Å²) < 4.78 is 0. The fraction of sp³-hybridized carbons (Fsp3) is 0. The Hall–Kier alpha value is -0.0400. The highest BCUT2D eigenvalue weighted by Crippen LogP contribution is 2.28. The highest BCUT2D eigenvalue weighted by atomic mass is 33.4. The van der Waals surface area contributed by atoms with Gasteiger partial charge in [-0.2, -0.15) is 5.10 Å². The van der Waals surface area contributed by atoms with Gasteiger partial charge in [0.05, 0.1) is 11.1 Å². The summed E-state index contributed by atoms with van der Waals surface area (Å²) in [6.45, 7) is 0. The van der Waals surface area contributed by atoms with Crippen molar-refractivity contribution in [2.24, 2.45) is 0 Å². The minimum absolute atomic E-state index is 1.01. The van der Waals surface area contributed by atoms with Crippen LogP contribution in [0.5, 0.6) is 0 Å². The lowest BCUT2D eigenvalue weighted by molar-refractivity contribution is 1.10. The molecule has 0 aromatic heterocycles. The summed E-state index contributed by atoms with van der Waals surface area (Å²) in [5.41, 5.74) is 1.01. The van der Waals surface area contributed by atoms with E-state index >= 15 is 0 Å². The van der Waals surface area contributed by atoms with Crippen LogP contribution in [0, 0.1) is 0 Å². The minimum Gasteiger partial charge on any atom is -0.157 e. The predicted molar refractivity (Wildman–Crippen MR) is 47.8 cm³/mol. The molecule has 52 valence electrons. The molecule has 0 atom stereocenters. The summed E-state index contributed by atoms with van der Waals surface area (Å²) in [5, 5.41) is 9.78. The standard InChI is InChI=1S/C4H2N2S4/c1-4-3(6-5-1)2-7-9-10-8-4/h1-2H. The van der Waals surface area contributed by atoms with E-state index in [0.29, 0.717) is 0 Å². The highest BCUT2D eigenvalue weighted by molar-refractivity contribution is 8.06. The lowest BCUT2D eigenvalue weighted by Gasteiger charge is -1.77. The summed E-state index contributed by atoms with van der Waals surface area (Å²) in [6.07, 6.45) is 1.80. The van der Waals surface area contributed by atoms with Crippen molar-refractivity contribution in [1.29, 1.82) is 0 Å². The van der Waals surface area contributed by atoms with E-state index in [1.54, 1.807) is 45.6 Å². The summed E-state index contributed by atoms with van der Waals surface area (Å²) in [7, 11) is 6.91. The predicted octanol–water partition coefficient (Wildman–Crippen LogP) is 2.95. The molecule has 0 saturated carbocycles. The lowest BCUT2D eigenvalue weighted by Crippen LogP contribution is -1.64. The van der Waals surface area contributed by atoms with E-state index in [0.717, 1.165) is 5.69 Å². The summed E-state index contributed by atoms with van der Waals surface area (Å²) in [6, 6.07) is 0. The van der Waals surface area contributed by atoms with Crippen molar-refractivity contribution in [2.45, 2.75) is 0 Å². The molecule has 0 N–H and O–H groups in total. The Morgan fingerprint density at radius 2 is 2.30 bits per heavy atom. The summed E-state index contributed by atoms with van der Waals surface area (Å²) >= 11 is 0. The van der Waals surface area contributed by atoms with Gasteiger partial charge in [0.25, 0.3) is 0 Å². The number of hydrogen-bond donors (Lipinski definition) is 0. The second kappa shape index (κ2) is 2.91. The van der Waals surface area contributed by atoms with Gasteiger partial charge in [-0.25, -0.2) is 0 Å². The molecule has 10 heavy (non-hydrogen) atoms. The molecular formula is C4H2N2S4. The van der Waals surface area contributed by atoms with E-state index < -0.39 is 0 Å². The third-order valence-electron chi connectivity index (χ3n) is 0.944. The molecule has 2 nitrogen and oxygen atoms in total. The first kappa shape index (κ1) is 6.66. The second-order valence-electron chi connectivity index (χ2n) is 1.53. The van der Waals surface area contributed by atoms with Crippen LogP contribution in [-0.2, 0) is 0 Å². The Labute approximate surface area is 71.6 Å². The monoisotopic (exact) mass is 206 g/mol. The number of hydrogen-bond acceptors (Lipinski definition) is 6. The van der Waals surface area contributed by atoms with Crippen LogP contribution in [0.25, 0.3) is 10.6 Å². The smallest absolute Gasteiger partial charge is 0.116 e. The molecule has 0 spiro atoms. The number of fused-ring (bicyclic) bond motifs is 1. The SMILES string of the molecule is c1ssssc2cnnc1-2. The number of nitrogens with zero attached hydrogens (tertiary/aromatic N) is 2. The van der Waals surface area contributed by atoms with Gasteiger partial charge in [-0.15, -0.1) is 5.10 Å². The molecule has 6 heteroatoms. The van der Waals surface area contributed by atoms with Gasteiger partial charge in [-0.05, 0) is 18.7 Å². The number of rotatable bonds is 0. The van der Waals surface area contributed by atoms with Crippen molar-refractivity contribution >= 4 is 39.4 Å². The maximum Gasteiger partial charge on any atom is 0.116 e. The molecule has 0 bridgehead atoms. The zero-order chi connectivity index (χ0) is 6.81. The van der Waals surface area contributed by atoms with E-state index in [1.165, 1.54) is 4.88 Å². The molecule has 0 unspecified atom stereocenters. The van der Waals surface area contributed by atoms with Crippen LogP contribution in [0.1, 0.15) is 0 Å². The highest BCUT2D eigenvalue weighted by Gasteiger charge is 2.01. The van der Waals surface area contributed by atoms with Crippen molar-refractivity contribution < 1.29 is 0 Å². The van der Waals surface area contributed by atoms with Crippen LogP contribution in [-0.4, -0.2) is 10.2 Å². The van der Waals surface area contributed by atoms with E-state index in [9.17, 15) is 0 Å². The number of aromatic nitrogens is 2. The van der Waals surface area contributed by atoms with Crippen molar-refractivity contribution in [2.75, 3.05) is 0 Å². The van der Waals surface area contributed by atoms with E-state index in [1.807, 2.05) is 5.38 Å². The third kappa shape index (κ3) is 1.20. The maximum atomic E-state index is 3.94. The normalized spacial score (nSPS) is 10.0. The molecule has 0 aliphatic carbocycles. The average molecular weight is 206 g/mol. The Bertz CT molecular complexity index is 286. The van der Waals surface area contributed by atoms with Gasteiger partial charge >= 0.3 is 0 Å². The first-order valence-corrected chi connectivity index (χ1v) is 7.33. The van der Waals surface area contributed by atoms with Crippen LogP contribution in [0.3, 0.4) is 0 Å². The Balaban J connectivity index is 2.74. The summed E-state index contributed by atoms with van der Waals surface area (Å²) in [4.78, 5) is 1.17. The first-order valence-electron chi connectivity index (χ1n) is 2.45. The van der Waals surface area contributed by atoms with E-state index in [4.69, 9.17) is 0 Å². The van der Waals surface area contributed by atoms with Gasteiger partial charge in [-0.1, -0.05) is 20.7 Å². The quantitative estimate of drug-likeness (QED) is 0.619. The minimum atomic E-state index is 1.01. The van der Waals surface area contributed by atoms with Gasteiger partial charge in [0.15, 0.2) is 0 Å². The third-order valence-corrected chi connectivity index (χ3v) is 6.71. The molecule has 0 saturated heterocycles. The fourth-order valence-corrected chi connectivity index (χ4v) is 5.67. The van der Waals surface area contributed by atoms with Crippen molar-refractivity contribution in [1.82, 2.24) is 10.2 Å². The van der Waals surface area contributed by atoms with Crippen molar-refractivity contribution in [3.8, 4) is 10.6 Å². The Morgan fingerprint density at radius 3 is 3.30 bits per heavy atom. The van der Waals surface area contributed by atoms with Gasteiger partial charge in [0.2, 0.25) is 0 Å². The van der Waals surface area contributed by atoms with Gasteiger partial charge in [-0.3, -0.25) is 0 Å². The van der Waals surface area contributed by atoms with Gasteiger partial charge in [0, 0.05) is 5.38 Å². The topological polar surface area (TPSA) is 25.8 Å². The van der Waals surface area contributed by atoms with Crippen molar-refractivity contribution in [3.63, 3.8) is 0 Å². The van der Waals surface area contributed by atoms with Crippen LogP contribution < -0.4 is 0 Å². The van der Waals surface area contributed by atoms with Gasteiger partial charge < -0.3 is 0 Å². The largest absolute Gasteiger partial charge is 0.157 e. The Morgan fingerprint density at radius 1 is 1.30 bits per heavy atom. The second-order valence-corrected chi connectivity index (χ2v) is 7.18. The molecule has 2 aliphatic heterocycles. The zero-order valence-corrected chi connectivity index (χ0v) is 7.95. The maximum absolute atomic E-state index is 3.94. The van der Waals surface area contributed by atoms with Gasteiger partial charge in [0.1, 0.15) is 5.69 Å². The molecular weight excluding hydrogens is 204 g/mol. The first-order chi connectivity index (χ1) is 4.97. The average Bonchev–Trinajstić information content (AvgIpc) is 2.28. The van der Waals surface area contributed by atoms with Crippen LogP contribution in [0.2, 0.25) is 0 Å². The lowest BCUT2D eigenvalue weighted by atomic mass is 10.5. The molecule has 2 heterocycles. The molecule has 0 amide bonds. The molecule has 0 aromatic rings. The van der Waals surface area contributed by atoms with Crippen LogP contribution in [0.15, 0.2) is 11.6 Å². The van der Waals surface area contributed by atoms with Crippen LogP contribution >= 0.6 is 39.4 Å². The molecule has 0 radical (unpaired) electrons. The molecule has 2 rings (SSSR count). The van der Waals surface area contributed by atoms with Crippen molar-refractivity contribution in [3.05, 3.63) is 11.6 Å². The molecule has 0 aromatic carbocycles. The van der Waals surface area contributed by atoms with Crippen LogP contribution in [0.4, 0.5) is 0 Å². The zero-order valence-electron chi connectivity index (χ0n) is 4.68.